The van der Waals surface area contributed by atoms with Gasteiger partial charge in [-0.3, -0.25) is 0 Å². The third kappa shape index (κ3) is 3.15. The molecule has 0 amide bonds. The Morgan fingerprint density at radius 3 is 1.50 bits per heavy atom. The minimum Gasteiger partial charge on any atom is -0.497 e. The monoisotopic (exact) mass is 494 g/mol. The van der Waals surface area contributed by atoms with Gasteiger partial charge >= 0.3 is 0 Å². The van der Waals surface area contributed by atoms with E-state index in [0.717, 1.165) is 39.1 Å². The number of benzene rings is 6. The number of rotatable bonds is 5. The van der Waals surface area contributed by atoms with E-state index in [1.54, 1.807) is 21.3 Å². The number of fused-ring (bicyclic) bond motifs is 4. The van der Waals surface area contributed by atoms with E-state index in [2.05, 4.69) is 78.9 Å². The summed E-state index contributed by atoms with van der Waals surface area (Å²) >= 11 is 0. The Bertz CT molecular complexity index is 1840. The molecule has 0 fully saturated rings. The fourth-order valence-corrected chi connectivity index (χ4v) is 6.08. The maximum absolute atomic E-state index is 6.03. The van der Waals surface area contributed by atoms with E-state index < -0.39 is 0 Å². The van der Waals surface area contributed by atoms with E-state index >= 15 is 0 Å². The van der Waals surface area contributed by atoms with Crippen LogP contribution in [0.25, 0.3) is 66.1 Å². The Labute approximate surface area is 221 Å². The lowest BCUT2D eigenvalue weighted by atomic mass is 9.82. The molecule has 0 atom stereocenters. The summed E-state index contributed by atoms with van der Waals surface area (Å²) in [6.45, 7) is 0. The zero-order valence-corrected chi connectivity index (χ0v) is 21.5. The van der Waals surface area contributed by atoms with E-state index in [1.165, 1.54) is 44.2 Å². The van der Waals surface area contributed by atoms with Crippen molar-refractivity contribution in [3.05, 3.63) is 103 Å². The minimum atomic E-state index is 0.835. The molecule has 0 N–H and O–H groups in total. The Balaban J connectivity index is 1.71. The van der Waals surface area contributed by atoms with Crippen LogP contribution in [0.2, 0.25) is 0 Å². The van der Waals surface area contributed by atoms with Crippen molar-refractivity contribution in [1.82, 2.24) is 0 Å². The van der Waals surface area contributed by atoms with Gasteiger partial charge in [-0.25, -0.2) is 0 Å². The summed E-state index contributed by atoms with van der Waals surface area (Å²) in [7, 11) is 5.16. The highest BCUT2D eigenvalue weighted by atomic mass is 16.5. The van der Waals surface area contributed by atoms with Crippen molar-refractivity contribution in [3.8, 4) is 61.8 Å². The molecule has 6 aromatic carbocycles. The second-order valence-corrected chi connectivity index (χ2v) is 9.55. The molecule has 0 aliphatic heterocycles. The smallest absolute Gasteiger partial charge is 0.127 e. The Morgan fingerprint density at radius 1 is 0.421 bits per heavy atom. The highest BCUT2D eigenvalue weighted by Gasteiger charge is 2.31. The van der Waals surface area contributed by atoms with E-state index in [1.807, 2.05) is 24.3 Å². The van der Waals surface area contributed by atoms with Gasteiger partial charge in [-0.1, -0.05) is 72.8 Å². The van der Waals surface area contributed by atoms with E-state index in [4.69, 9.17) is 14.2 Å². The molecule has 0 unspecified atom stereocenters. The second-order valence-electron chi connectivity index (χ2n) is 9.55. The highest BCUT2D eigenvalue weighted by Crippen LogP contribution is 2.58. The normalized spacial score (nSPS) is 11.6. The van der Waals surface area contributed by atoms with Gasteiger partial charge in [0.15, 0.2) is 0 Å². The number of ether oxygens (including phenoxy) is 3. The summed E-state index contributed by atoms with van der Waals surface area (Å²) in [5, 5.41) is 4.80. The number of hydrogen-bond acceptors (Lipinski definition) is 3. The van der Waals surface area contributed by atoms with Crippen LogP contribution in [0.3, 0.4) is 0 Å². The van der Waals surface area contributed by atoms with Crippen LogP contribution in [0.4, 0.5) is 0 Å². The predicted octanol–water partition coefficient (Wildman–Crippen LogP) is 9.00. The van der Waals surface area contributed by atoms with Gasteiger partial charge in [0, 0.05) is 10.9 Å². The van der Waals surface area contributed by atoms with Gasteiger partial charge < -0.3 is 14.2 Å². The quantitative estimate of drug-likeness (QED) is 0.239. The number of hydrogen-bond donors (Lipinski definition) is 0. The van der Waals surface area contributed by atoms with Crippen molar-refractivity contribution in [2.45, 2.75) is 0 Å². The molecular formula is C35H26O3. The number of methoxy groups -OCH3 is 3. The van der Waals surface area contributed by atoms with Crippen LogP contribution in [0.5, 0.6) is 17.2 Å². The molecule has 0 aromatic heterocycles. The maximum Gasteiger partial charge on any atom is 0.127 e. The van der Waals surface area contributed by atoms with Crippen LogP contribution in [-0.4, -0.2) is 21.3 Å². The molecular weight excluding hydrogens is 468 g/mol. The molecule has 0 saturated heterocycles. The van der Waals surface area contributed by atoms with Crippen molar-refractivity contribution in [1.29, 1.82) is 0 Å². The van der Waals surface area contributed by atoms with E-state index in [9.17, 15) is 0 Å². The fourth-order valence-electron chi connectivity index (χ4n) is 6.08. The summed E-state index contributed by atoms with van der Waals surface area (Å²) < 4.78 is 17.0. The molecule has 3 nitrogen and oxygen atoms in total. The first-order valence-electron chi connectivity index (χ1n) is 12.7. The first kappa shape index (κ1) is 22.4. The van der Waals surface area contributed by atoms with Crippen molar-refractivity contribution in [2.75, 3.05) is 21.3 Å². The van der Waals surface area contributed by atoms with Crippen LogP contribution in [0.15, 0.2) is 103 Å². The second kappa shape index (κ2) is 8.67. The Morgan fingerprint density at radius 2 is 0.947 bits per heavy atom. The molecule has 38 heavy (non-hydrogen) atoms. The molecule has 0 radical (unpaired) electrons. The van der Waals surface area contributed by atoms with Crippen LogP contribution in [0.1, 0.15) is 0 Å². The summed E-state index contributed by atoms with van der Waals surface area (Å²) in [6, 6.07) is 36.3. The van der Waals surface area contributed by atoms with Gasteiger partial charge in [0.05, 0.1) is 21.3 Å². The first-order chi connectivity index (χ1) is 18.7. The minimum absolute atomic E-state index is 0.835. The topological polar surface area (TPSA) is 27.7 Å². The largest absolute Gasteiger partial charge is 0.497 e. The van der Waals surface area contributed by atoms with Crippen molar-refractivity contribution < 1.29 is 14.2 Å². The SMILES string of the molecule is COc1ccc(-c2c3c(c(-c4ccc(OC)cc4)c4c(OC)cccc24)-c2cccc4cccc-3c24)cc1. The summed E-state index contributed by atoms with van der Waals surface area (Å²) in [5.74, 6) is 2.53. The van der Waals surface area contributed by atoms with Crippen LogP contribution in [-0.2, 0) is 0 Å². The molecule has 184 valence electrons. The van der Waals surface area contributed by atoms with Gasteiger partial charge in [-0.2, -0.15) is 0 Å². The molecule has 6 aromatic rings. The molecule has 0 bridgehead atoms. The molecule has 1 aliphatic carbocycles. The molecule has 0 spiro atoms. The summed E-state index contributed by atoms with van der Waals surface area (Å²) in [5.41, 5.74) is 9.67. The van der Waals surface area contributed by atoms with Gasteiger partial charge in [0.25, 0.3) is 0 Å². The zero-order valence-electron chi connectivity index (χ0n) is 21.5. The average Bonchev–Trinajstić information content (AvgIpc) is 3.31. The first-order valence-corrected chi connectivity index (χ1v) is 12.7. The van der Waals surface area contributed by atoms with Gasteiger partial charge in [0.1, 0.15) is 17.2 Å². The van der Waals surface area contributed by atoms with Crippen LogP contribution in [0, 0.1) is 0 Å². The standard InChI is InChI=1S/C35H26O3/c1-36-24-17-13-22(14-18-24)31-28-11-6-12-29(38-3)33(28)32(23-15-19-25(37-2)20-16-23)35-27-10-5-8-21-7-4-9-26(30(21)27)34(31)35/h4-20H,1-3H3. The molecule has 0 saturated carbocycles. The van der Waals surface area contributed by atoms with Crippen LogP contribution >= 0.6 is 0 Å². The average molecular weight is 495 g/mol. The molecule has 7 rings (SSSR count). The van der Waals surface area contributed by atoms with Gasteiger partial charge in [0.2, 0.25) is 0 Å². The predicted molar refractivity (Wildman–Crippen MR) is 156 cm³/mol. The third-order valence-corrected chi connectivity index (χ3v) is 7.72. The van der Waals surface area contributed by atoms with E-state index in [0.29, 0.717) is 0 Å². The zero-order chi connectivity index (χ0) is 25.8. The molecule has 3 heteroatoms. The summed E-state index contributed by atoms with van der Waals surface area (Å²) in [4.78, 5) is 0. The maximum atomic E-state index is 6.03. The van der Waals surface area contributed by atoms with Gasteiger partial charge in [-0.15, -0.1) is 0 Å². The molecule has 0 heterocycles. The summed E-state index contributed by atoms with van der Waals surface area (Å²) in [6.07, 6.45) is 0. The fraction of sp³-hybridized carbons (Fsp3) is 0.0857. The Kier molecular flexibility index (Phi) is 5.12. The van der Waals surface area contributed by atoms with Crippen LogP contribution < -0.4 is 14.2 Å². The Hall–Kier alpha value is -4.76. The molecule has 1 aliphatic rings. The highest BCUT2D eigenvalue weighted by molar-refractivity contribution is 6.28. The van der Waals surface area contributed by atoms with Crippen molar-refractivity contribution in [2.24, 2.45) is 0 Å². The lowest BCUT2D eigenvalue weighted by Crippen LogP contribution is -1.96. The van der Waals surface area contributed by atoms with E-state index in [-0.39, 0.29) is 0 Å². The van der Waals surface area contributed by atoms with Gasteiger partial charge in [-0.05, 0) is 85.4 Å². The lowest BCUT2D eigenvalue weighted by molar-refractivity contribution is 0.414. The third-order valence-electron chi connectivity index (χ3n) is 7.72. The lowest BCUT2D eigenvalue weighted by Gasteiger charge is -2.22. The van der Waals surface area contributed by atoms with Crippen molar-refractivity contribution >= 4 is 21.5 Å². The van der Waals surface area contributed by atoms with Crippen molar-refractivity contribution in [3.63, 3.8) is 0 Å².